The summed E-state index contributed by atoms with van der Waals surface area (Å²) < 4.78 is 0.948. The van der Waals surface area contributed by atoms with Gasteiger partial charge in [0.2, 0.25) is 0 Å². The predicted molar refractivity (Wildman–Crippen MR) is 75.8 cm³/mol. The minimum Gasteiger partial charge on any atom is -0.321 e. The largest absolute Gasteiger partial charge is 0.321 e. The van der Waals surface area contributed by atoms with Crippen LogP contribution in [0.3, 0.4) is 0 Å². The smallest absolute Gasteiger partial charge is 0.255 e. The fraction of sp³-hybridized carbons (Fsp3) is 0. The van der Waals surface area contributed by atoms with E-state index < -0.39 is 0 Å². The van der Waals surface area contributed by atoms with Crippen molar-refractivity contribution in [1.29, 1.82) is 0 Å². The molecular weight excluding hydrogens is 298 g/mol. The minimum absolute atomic E-state index is 0.140. The number of anilines is 1. The molecule has 86 valence electrons. The first-order chi connectivity index (χ1) is 8.16. The van der Waals surface area contributed by atoms with Gasteiger partial charge in [-0.15, -0.1) is 12.6 Å². The zero-order valence-electron chi connectivity index (χ0n) is 8.85. The third-order valence-electron chi connectivity index (χ3n) is 2.26. The highest BCUT2D eigenvalue weighted by atomic mass is 79.9. The second kappa shape index (κ2) is 5.38. The van der Waals surface area contributed by atoms with Crippen molar-refractivity contribution in [2.75, 3.05) is 5.32 Å². The molecule has 0 radical (unpaired) electrons. The molecule has 0 aliphatic heterocycles. The average Bonchev–Trinajstić information content (AvgIpc) is 2.33. The number of benzene rings is 2. The Morgan fingerprint density at radius 3 is 2.35 bits per heavy atom. The van der Waals surface area contributed by atoms with E-state index in [9.17, 15) is 4.79 Å². The van der Waals surface area contributed by atoms with E-state index in [-0.39, 0.29) is 5.91 Å². The Labute approximate surface area is 114 Å². The van der Waals surface area contributed by atoms with E-state index in [4.69, 9.17) is 0 Å². The van der Waals surface area contributed by atoms with Gasteiger partial charge >= 0.3 is 0 Å². The molecule has 0 aromatic heterocycles. The van der Waals surface area contributed by atoms with Gasteiger partial charge in [-0.25, -0.2) is 0 Å². The summed E-state index contributed by atoms with van der Waals surface area (Å²) in [7, 11) is 0. The second-order valence-corrected chi connectivity index (χ2v) is 4.88. The summed E-state index contributed by atoms with van der Waals surface area (Å²) in [6.45, 7) is 0. The molecule has 2 aromatic rings. The Balaban J connectivity index is 2.17. The first-order valence-corrected chi connectivity index (χ1v) is 6.26. The second-order valence-electron chi connectivity index (χ2n) is 3.48. The van der Waals surface area contributed by atoms with Crippen LogP contribution in [0.1, 0.15) is 10.4 Å². The Morgan fingerprint density at radius 2 is 1.71 bits per heavy atom. The van der Waals surface area contributed by atoms with Gasteiger partial charge in [0, 0.05) is 14.9 Å². The predicted octanol–water partition coefficient (Wildman–Crippen LogP) is 3.99. The quantitative estimate of drug-likeness (QED) is 0.807. The molecule has 4 heteroatoms. The van der Waals surface area contributed by atoms with Gasteiger partial charge in [0.05, 0.1) is 5.69 Å². The molecule has 0 bridgehead atoms. The van der Waals surface area contributed by atoms with Crippen molar-refractivity contribution in [3.8, 4) is 0 Å². The zero-order chi connectivity index (χ0) is 12.3. The van der Waals surface area contributed by atoms with Crippen LogP contribution in [-0.4, -0.2) is 5.91 Å². The third kappa shape index (κ3) is 3.11. The van der Waals surface area contributed by atoms with E-state index in [1.807, 2.05) is 36.4 Å². The van der Waals surface area contributed by atoms with Gasteiger partial charge in [-0.1, -0.05) is 28.1 Å². The fourth-order valence-electron chi connectivity index (χ4n) is 1.38. The standard InChI is InChI=1S/C13H10BrNOS/c14-10-7-5-9(6-8-10)13(16)15-11-3-1-2-4-12(11)17/h1-8,17H,(H,15,16). The lowest BCUT2D eigenvalue weighted by molar-refractivity contribution is 0.102. The number of halogens is 1. The molecule has 0 spiro atoms. The molecule has 0 aliphatic rings. The summed E-state index contributed by atoms with van der Waals surface area (Å²) in [6, 6.07) is 14.6. The number of carbonyl (C=O) groups excluding carboxylic acids is 1. The van der Waals surface area contributed by atoms with Crippen molar-refractivity contribution in [2.45, 2.75) is 4.90 Å². The van der Waals surface area contributed by atoms with Gasteiger partial charge in [0.1, 0.15) is 0 Å². The van der Waals surface area contributed by atoms with Crippen LogP contribution >= 0.6 is 28.6 Å². The summed E-state index contributed by atoms with van der Waals surface area (Å²) in [5.74, 6) is -0.140. The van der Waals surface area contributed by atoms with Crippen molar-refractivity contribution in [3.63, 3.8) is 0 Å². The van der Waals surface area contributed by atoms with Crippen molar-refractivity contribution < 1.29 is 4.79 Å². The van der Waals surface area contributed by atoms with Crippen molar-refractivity contribution in [3.05, 3.63) is 58.6 Å². The Bertz CT molecular complexity index is 539. The molecule has 0 unspecified atom stereocenters. The lowest BCUT2D eigenvalue weighted by Crippen LogP contribution is -2.12. The SMILES string of the molecule is O=C(Nc1ccccc1S)c1ccc(Br)cc1. The highest BCUT2D eigenvalue weighted by Gasteiger charge is 2.06. The van der Waals surface area contributed by atoms with Crippen molar-refractivity contribution in [2.24, 2.45) is 0 Å². The Kier molecular flexibility index (Phi) is 3.86. The van der Waals surface area contributed by atoms with Crippen LogP contribution in [0.4, 0.5) is 5.69 Å². The topological polar surface area (TPSA) is 29.1 Å². The van der Waals surface area contributed by atoms with Crippen LogP contribution < -0.4 is 5.32 Å². The monoisotopic (exact) mass is 307 g/mol. The Hall–Kier alpha value is -1.26. The molecule has 0 saturated heterocycles. The van der Waals surface area contributed by atoms with Crippen molar-refractivity contribution in [1.82, 2.24) is 0 Å². The van der Waals surface area contributed by atoms with E-state index in [2.05, 4.69) is 33.9 Å². The lowest BCUT2D eigenvalue weighted by atomic mass is 10.2. The maximum atomic E-state index is 11.9. The molecule has 2 nitrogen and oxygen atoms in total. The molecule has 2 aromatic carbocycles. The number of para-hydroxylation sites is 1. The van der Waals surface area contributed by atoms with Gasteiger partial charge in [-0.05, 0) is 36.4 Å². The molecule has 1 amide bonds. The Morgan fingerprint density at radius 1 is 1.06 bits per heavy atom. The molecule has 1 N–H and O–H groups in total. The lowest BCUT2D eigenvalue weighted by Gasteiger charge is -2.07. The first-order valence-electron chi connectivity index (χ1n) is 5.02. The maximum absolute atomic E-state index is 11.9. The zero-order valence-corrected chi connectivity index (χ0v) is 11.3. The van der Waals surface area contributed by atoms with Gasteiger partial charge in [-0.2, -0.15) is 0 Å². The van der Waals surface area contributed by atoms with Gasteiger partial charge < -0.3 is 5.32 Å². The van der Waals surface area contributed by atoms with E-state index in [0.717, 1.165) is 9.37 Å². The summed E-state index contributed by atoms with van der Waals surface area (Å²) >= 11 is 7.61. The van der Waals surface area contributed by atoms with Gasteiger partial charge in [0.15, 0.2) is 0 Å². The number of hydrogen-bond donors (Lipinski definition) is 2. The van der Waals surface area contributed by atoms with Crippen LogP contribution in [-0.2, 0) is 0 Å². The van der Waals surface area contributed by atoms with Crippen LogP contribution in [0.5, 0.6) is 0 Å². The van der Waals surface area contributed by atoms with Crippen LogP contribution in [0.15, 0.2) is 57.9 Å². The summed E-state index contributed by atoms with van der Waals surface area (Å²) in [5, 5.41) is 2.82. The molecule has 0 heterocycles. The van der Waals surface area contributed by atoms with Crippen molar-refractivity contribution >= 4 is 40.2 Å². The minimum atomic E-state index is -0.140. The number of amides is 1. The molecule has 2 rings (SSSR count). The highest BCUT2D eigenvalue weighted by molar-refractivity contribution is 9.10. The maximum Gasteiger partial charge on any atom is 0.255 e. The summed E-state index contributed by atoms with van der Waals surface area (Å²) in [6.07, 6.45) is 0. The third-order valence-corrected chi connectivity index (χ3v) is 3.18. The summed E-state index contributed by atoms with van der Waals surface area (Å²) in [5.41, 5.74) is 1.33. The molecule has 0 aliphatic carbocycles. The van der Waals surface area contributed by atoms with Gasteiger partial charge in [0.25, 0.3) is 5.91 Å². The number of nitrogens with one attached hydrogen (secondary N) is 1. The average molecular weight is 308 g/mol. The van der Waals surface area contributed by atoms with Crippen LogP contribution in [0.25, 0.3) is 0 Å². The number of hydrogen-bond acceptors (Lipinski definition) is 2. The summed E-state index contributed by atoms with van der Waals surface area (Å²) in [4.78, 5) is 12.7. The van der Waals surface area contributed by atoms with Crippen LogP contribution in [0, 0.1) is 0 Å². The number of thiol groups is 1. The molecule has 0 saturated carbocycles. The van der Waals surface area contributed by atoms with Gasteiger partial charge in [-0.3, -0.25) is 4.79 Å². The molecular formula is C13H10BrNOS. The van der Waals surface area contributed by atoms with Crippen LogP contribution in [0.2, 0.25) is 0 Å². The highest BCUT2D eigenvalue weighted by Crippen LogP contribution is 2.19. The molecule has 0 atom stereocenters. The van der Waals surface area contributed by atoms with E-state index in [1.54, 1.807) is 12.1 Å². The molecule has 0 fully saturated rings. The normalized spacial score (nSPS) is 10.0. The first kappa shape index (κ1) is 12.2. The van der Waals surface area contributed by atoms with E-state index >= 15 is 0 Å². The molecule has 17 heavy (non-hydrogen) atoms. The fourth-order valence-corrected chi connectivity index (χ4v) is 1.86. The number of carbonyl (C=O) groups is 1. The van der Waals surface area contributed by atoms with E-state index in [0.29, 0.717) is 11.3 Å². The van der Waals surface area contributed by atoms with E-state index in [1.165, 1.54) is 0 Å². The number of rotatable bonds is 2.